The van der Waals surface area contributed by atoms with Gasteiger partial charge in [0.15, 0.2) is 0 Å². The van der Waals surface area contributed by atoms with Crippen LogP contribution in [0, 0.1) is 10.1 Å². The van der Waals surface area contributed by atoms with Crippen LogP contribution in [0.1, 0.15) is 55.0 Å². The lowest BCUT2D eigenvalue weighted by atomic mass is 9.88. The Bertz CT molecular complexity index is 1860. The van der Waals surface area contributed by atoms with Crippen LogP contribution in [0.25, 0.3) is 21.7 Å². The van der Waals surface area contributed by atoms with Crippen molar-refractivity contribution < 1.29 is 9.66 Å². The van der Waals surface area contributed by atoms with Crippen molar-refractivity contribution in [3.8, 4) is 5.75 Å². The highest BCUT2D eigenvalue weighted by Gasteiger charge is 2.24. The summed E-state index contributed by atoms with van der Waals surface area (Å²) < 4.78 is 8.02. The molecule has 0 bridgehead atoms. The number of benzene rings is 4. The monoisotopic (exact) mass is 610 g/mol. The number of nitro groups is 1. The van der Waals surface area contributed by atoms with Crippen molar-refractivity contribution in [2.75, 3.05) is 0 Å². The number of hydrogen-bond acceptors (Lipinski definition) is 6. The first kappa shape index (κ1) is 26.8. The third kappa shape index (κ3) is 5.50. The molecule has 206 valence electrons. The molecule has 0 radical (unpaired) electrons. The van der Waals surface area contributed by atoms with Gasteiger partial charge >= 0.3 is 5.69 Å². The molecule has 0 atom stereocenters. The summed E-state index contributed by atoms with van der Waals surface area (Å²) in [5.41, 5.74) is 1.45. The molecule has 0 spiro atoms. The maximum absolute atomic E-state index is 13.6. The van der Waals surface area contributed by atoms with Crippen LogP contribution < -0.4 is 10.3 Å². The number of ether oxygens (including phenoxy) is 1. The number of rotatable bonds is 7. The molecule has 4 aromatic carbocycles. The molecule has 0 saturated heterocycles. The number of halogens is 1. The number of nitro benzene ring substituents is 1. The molecule has 1 aromatic heterocycles. The van der Waals surface area contributed by atoms with Gasteiger partial charge in [0.05, 0.1) is 22.0 Å². The Morgan fingerprint density at radius 2 is 1.73 bits per heavy atom. The van der Waals surface area contributed by atoms with E-state index < -0.39 is 4.92 Å². The highest BCUT2D eigenvalue weighted by Crippen LogP contribution is 2.36. The molecular formula is C32H27BrN4O4. The van der Waals surface area contributed by atoms with E-state index in [2.05, 4.69) is 21.0 Å². The molecule has 0 amide bonds. The van der Waals surface area contributed by atoms with Gasteiger partial charge in [-0.05, 0) is 47.4 Å². The first-order valence-electron chi connectivity index (χ1n) is 13.6. The molecule has 1 aliphatic rings. The number of nitrogens with zero attached hydrogens (tertiary/aromatic N) is 4. The average Bonchev–Trinajstić information content (AvgIpc) is 3.00. The molecule has 1 fully saturated rings. The summed E-state index contributed by atoms with van der Waals surface area (Å²) in [5.74, 6) is 0.806. The summed E-state index contributed by atoms with van der Waals surface area (Å²) >= 11 is 3.39. The van der Waals surface area contributed by atoms with Gasteiger partial charge < -0.3 is 4.74 Å². The number of para-hydroxylation sites is 1. The Morgan fingerprint density at radius 3 is 2.54 bits per heavy atom. The van der Waals surface area contributed by atoms with Gasteiger partial charge in [-0.3, -0.25) is 14.9 Å². The topological polar surface area (TPSA) is 99.6 Å². The smallest absolute Gasteiger partial charge is 0.312 e. The van der Waals surface area contributed by atoms with E-state index in [9.17, 15) is 14.9 Å². The Balaban J connectivity index is 1.44. The standard InChI is InChI=1S/C32H27BrN4O4/c33-25-17-24(30(29(18-25)37(39)40)41-20-23-13-8-12-21-9-4-5-14-26(21)23)19-34-36-31(22-10-2-1-3-11-22)35-28-16-7-6-15-27(28)32(36)38/h4-9,12-19,22H,1-3,10-11,20H2. The van der Waals surface area contributed by atoms with Crippen molar-refractivity contribution in [3.05, 3.63) is 121 Å². The Morgan fingerprint density at radius 1 is 1.00 bits per heavy atom. The van der Waals surface area contributed by atoms with E-state index in [1.807, 2.05) is 54.6 Å². The summed E-state index contributed by atoms with van der Waals surface area (Å²) in [6, 6.07) is 24.2. The highest BCUT2D eigenvalue weighted by molar-refractivity contribution is 9.10. The van der Waals surface area contributed by atoms with Gasteiger partial charge in [-0.2, -0.15) is 9.78 Å². The number of fused-ring (bicyclic) bond motifs is 2. The maximum atomic E-state index is 13.6. The number of hydrogen-bond donors (Lipinski definition) is 0. The Kier molecular flexibility index (Phi) is 7.61. The van der Waals surface area contributed by atoms with Crippen molar-refractivity contribution in [1.29, 1.82) is 0 Å². The van der Waals surface area contributed by atoms with Gasteiger partial charge in [-0.1, -0.05) is 89.8 Å². The molecule has 1 heterocycles. The van der Waals surface area contributed by atoms with Crippen molar-refractivity contribution >= 4 is 49.5 Å². The lowest BCUT2D eigenvalue weighted by Gasteiger charge is -2.22. The van der Waals surface area contributed by atoms with Gasteiger partial charge in [0.2, 0.25) is 5.75 Å². The van der Waals surface area contributed by atoms with Crippen molar-refractivity contribution in [3.63, 3.8) is 0 Å². The van der Waals surface area contributed by atoms with Gasteiger partial charge in [0.25, 0.3) is 5.56 Å². The summed E-state index contributed by atoms with van der Waals surface area (Å²) in [7, 11) is 0. The third-order valence-electron chi connectivity index (χ3n) is 7.57. The lowest BCUT2D eigenvalue weighted by molar-refractivity contribution is -0.386. The van der Waals surface area contributed by atoms with E-state index in [4.69, 9.17) is 9.72 Å². The minimum Gasteiger partial charge on any atom is -0.481 e. The molecule has 5 aromatic rings. The maximum Gasteiger partial charge on any atom is 0.312 e. The van der Waals surface area contributed by atoms with E-state index in [-0.39, 0.29) is 29.5 Å². The zero-order valence-corrected chi connectivity index (χ0v) is 23.8. The van der Waals surface area contributed by atoms with E-state index in [0.717, 1.165) is 48.4 Å². The predicted molar refractivity (Wildman–Crippen MR) is 164 cm³/mol. The number of aromatic nitrogens is 2. The van der Waals surface area contributed by atoms with Crippen LogP contribution in [0.4, 0.5) is 5.69 Å². The second kappa shape index (κ2) is 11.6. The first-order valence-corrected chi connectivity index (χ1v) is 14.4. The zero-order valence-electron chi connectivity index (χ0n) is 22.2. The second-order valence-corrected chi connectivity index (χ2v) is 11.1. The molecule has 8 nitrogen and oxygen atoms in total. The van der Waals surface area contributed by atoms with E-state index in [1.165, 1.54) is 17.0 Å². The van der Waals surface area contributed by atoms with Gasteiger partial charge in [-0.15, -0.1) is 0 Å². The molecule has 0 N–H and O–H groups in total. The van der Waals surface area contributed by atoms with Crippen LogP contribution in [0.3, 0.4) is 0 Å². The van der Waals surface area contributed by atoms with Crippen molar-refractivity contribution in [2.24, 2.45) is 5.10 Å². The fraction of sp³-hybridized carbons (Fsp3) is 0.219. The molecule has 41 heavy (non-hydrogen) atoms. The fourth-order valence-corrected chi connectivity index (χ4v) is 6.02. The molecule has 0 unspecified atom stereocenters. The van der Waals surface area contributed by atoms with Crippen molar-refractivity contribution in [1.82, 2.24) is 9.66 Å². The minimum absolute atomic E-state index is 0.0795. The average molecular weight is 611 g/mol. The van der Waals surface area contributed by atoms with Crippen LogP contribution in [0.15, 0.2) is 93.2 Å². The van der Waals surface area contributed by atoms with Gasteiger partial charge in [-0.25, -0.2) is 4.98 Å². The highest BCUT2D eigenvalue weighted by atomic mass is 79.9. The van der Waals surface area contributed by atoms with Crippen LogP contribution in [0.2, 0.25) is 0 Å². The van der Waals surface area contributed by atoms with E-state index in [1.54, 1.807) is 18.2 Å². The first-order chi connectivity index (χ1) is 20.0. The van der Waals surface area contributed by atoms with Crippen LogP contribution in [0.5, 0.6) is 5.75 Å². The quantitative estimate of drug-likeness (QED) is 0.107. The zero-order chi connectivity index (χ0) is 28.3. The summed E-state index contributed by atoms with van der Waals surface area (Å²) in [4.78, 5) is 30.1. The molecular weight excluding hydrogens is 584 g/mol. The molecule has 1 aliphatic carbocycles. The van der Waals surface area contributed by atoms with Crippen LogP contribution in [-0.4, -0.2) is 20.8 Å². The normalized spacial score (nSPS) is 14.2. The van der Waals surface area contributed by atoms with E-state index >= 15 is 0 Å². The summed E-state index contributed by atoms with van der Waals surface area (Å²) in [6.07, 6.45) is 6.63. The Hall–Kier alpha value is -4.37. The summed E-state index contributed by atoms with van der Waals surface area (Å²) in [5, 5.41) is 19.2. The fourth-order valence-electron chi connectivity index (χ4n) is 5.55. The molecule has 9 heteroatoms. The lowest BCUT2D eigenvalue weighted by Crippen LogP contribution is -2.25. The van der Waals surface area contributed by atoms with Gasteiger partial charge in [0, 0.05) is 22.0 Å². The Labute approximate surface area is 244 Å². The van der Waals surface area contributed by atoms with Crippen LogP contribution >= 0.6 is 15.9 Å². The van der Waals surface area contributed by atoms with Gasteiger partial charge in [0.1, 0.15) is 12.4 Å². The predicted octanol–water partition coefficient (Wildman–Crippen LogP) is 7.73. The largest absolute Gasteiger partial charge is 0.481 e. The molecule has 0 aliphatic heterocycles. The van der Waals surface area contributed by atoms with E-state index in [0.29, 0.717) is 26.8 Å². The minimum atomic E-state index is -0.474. The van der Waals surface area contributed by atoms with Crippen molar-refractivity contribution in [2.45, 2.75) is 44.6 Å². The second-order valence-electron chi connectivity index (χ2n) is 10.2. The summed E-state index contributed by atoms with van der Waals surface area (Å²) in [6.45, 7) is 0.121. The molecule has 1 saturated carbocycles. The van der Waals surface area contributed by atoms with Crippen LogP contribution in [-0.2, 0) is 6.61 Å². The SMILES string of the molecule is O=c1c2ccccc2nc(C2CCCCC2)n1N=Cc1cc(Br)cc([N+](=O)[O-])c1OCc1cccc2ccccc12. The molecule has 6 rings (SSSR count). The third-order valence-corrected chi connectivity index (χ3v) is 8.03.